The lowest BCUT2D eigenvalue weighted by Crippen LogP contribution is -2.50. The summed E-state index contributed by atoms with van der Waals surface area (Å²) in [6.45, 7) is 1.69. The van der Waals surface area contributed by atoms with Gasteiger partial charge in [-0.1, -0.05) is 11.2 Å². The molecule has 6 rings (SSSR count). The van der Waals surface area contributed by atoms with Crippen LogP contribution in [-0.4, -0.2) is 39.1 Å². The van der Waals surface area contributed by atoms with Gasteiger partial charge in [0.05, 0.1) is 16.8 Å². The molecule has 4 heterocycles. The lowest BCUT2D eigenvalue weighted by molar-refractivity contribution is 0.0535. The molecule has 2 fully saturated rings. The van der Waals surface area contributed by atoms with Gasteiger partial charge in [-0.25, -0.2) is 13.8 Å². The maximum Gasteiger partial charge on any atom is 0.310 e. The van der Waals surface area contributed by atoms with E-state index in [1.807, 2.05) is 0 Å². The molecule has 0 radical (unpaired) electrons. The largest absolute Gasteiger partial charge is 0.432 e. The van der Waals surface area contributed by atoms with Crippen LogP contribution in [0.5, 0.6) is 0 Å². The maximum absolute atomic E-state index is 15.3. The van der Waals surface area contributed by atoms with Gasteiger partial charge in [0, 0.05) is 29.1 Å². The number of nitrogens with two attached hydrogens (primary N) is 1. The first kappa shape index (κ1) is 24.9. The van der Waals surface area contributed by atoms with Crippen LogP contribution in [0.15, 0.2) is 39.3 Å². The van der Waals surface area contributed by atoms with Crippen molar-refractivity contribution in [3.8, 4) is 28.7 Å². The van der Waals surface area contributed by atoms with Crippen LogP contribution >= 0.6 is 12.4 Å². The minimum absolute atomic E-state index is 0. The monoisotopic (exact) mass is 525 g/mol. The van der Waals surface area contributed by atoms with E-state index >= 15 is 4.39 Å². The van der Waals surface area contributed by atoms with Gasteiger partial charge in [-0.15, -0.1) is 12.4 Å². The number of fused-ring (bicyclic) bond motifs is 3. The standard InChI is InChI=1S/C26H21F2N5O3.ClH/c1-12-18-9-21(28)19(10-22(18)36-32-12)24-23(13-2-3-14(11-29)20(27)6-13)31-25(35-24)26(34)33-16-4-5-17(33)8-15(30)7-16;/h2-3,6,9-10,15-17H,4-5,7-8,30H2,1H3;1H. The highest BCUT2D eigenvalue weighted by molar-refractivity contribution is 5.94. The highest BCUT2D eigenvalue weighted by Gasteiger charge is 2.44. The predicted molar refractivity (Wildman–Crippen MR) is 132 cm³/mol. The topological polar surface area (TPSA) is 122 Å². The van der Waals surface area contributed by atoms with Crippen molar-refractivity contribution < 1.29 is 22.5 Å². The van der Waals surface area contributed by atoms with E-state index in [9.17, 15) is 9.18 Å². The summed E-state index contributed by atoms with van der Waals surface area (Å²) in [7, 11) is 0. The van der Waals surface area contributed by atoms with Gasteiger partial charge in [0.15, 0.2) is 11.3 Å². The summed E-state index contributed by atoms with van der Waals surface area (Å²) >= 11 is 0. The van der Waals surface area contributed by atoms with E-state index in [-0.39, 0.29) is 64.6 Å². The number of aryl methyl sites for hydroxylation is 1. The number of amides is 1. The molecule has 8 nitrogen and oxygen atoms in total. The Morgan fingerprint density at radius 3 is 2.57 bits per heavy atom. The molecule has 4 aromatic rings. The molecule has 0 saturated carbocycles. The lowest BCUT2D eigenvalue weighted by Gasteiger charge is -2.36. The van der Waals surface area contributed by atoms with Crippen LogP contribution in [0.25, 0.3) is 33.6 Å². The molecule has 2 saturated heterocycles. The van der Waals surface area contributed by atoms with E-state index < -0.39 is 17.5 Å². The average molecular weight is 526 g/mol. The van der Waals surface area contributed by atoms with Gasteiger partial charge in [-0.2, -0.15) is 5.26 Å². The van der Waals surface area contributed by atoms with Gasteiger partial charge in [-0.3, -0.25) is 4.79 Å². The molecule has 2 atom stereocenters. The molecular formula is C26H22ClF2N5O3. The molecule has 2 unspecified atom stereocenters. The Balaban J connectivity index is 0.00000280. The third-order valence-electron chi connectivity index (χ3n) is 7.16. The second kappa shape index (κ2) is 9.25. The van der Waals surface area contributed by atoms with E-state index in [1.165, 1.54) is 24.3 Å². The number of hydrogen-bond donors (Lipinski definition) is 1. The minimum atomic E-state index is -0.762. The molecular weight excluding hydrogens is 504 g/mol. The SMILES string of the molecule is Cc1noc2cc(-c3oc(C(=O)N4C5CCC4CC(N)C5)nc3-c3ccc(C#N)c(F)c3)c(F)cc12.Cl. The fourth-order valence-corrected chi connectivity index (χ4v) is 5.46. The predicted octanol–water partition coefficient (Wildman–Crippen LogP) is 5.12. The first-order valence-corrected chi connectivity index (χ1v) is 11.7. The van der Waals surface area contributed by atoms with E-state index in [1.54, 1.807) is 17.9 Å². The molecule has 1 amide bonds. The average Bonchev–Trinajstić information content (AvgIpc) is 3.53. The van der Waals surface area contributed by atoms with Crippen LogP contribution in [-0.2, 0) is 0 Å². The highest BCUT2D eigenvalue weighted by Crippen LogP contribution is 2.40. The number of hydrogen-bond acceptors (Lipinski definition) is 7. The van der Waals surface area contributed by atoms with Crippen LogP contribution < -0.4 is 5.73 Å². The van der Waals surface area contributed by atoms with Crippen LogP contribution in [0, 0.1) is 29.9 Å². The summed E-state index contributed by atoms with van der Waals surface area (Å²) in [5.41, 5.74) is 7.16. The van der Waals surface area contributed by atoms with Crippen LogP contribution in [0.3, 0.4) is 0 Å². The number of oxazole rings is 1. The van der Waals surface area contributed by atoms with Crippen molar-refractivity contribution in [1.29, 1.82) is 5.26 Å². The molecule has 190 valence electrons. The Labute approximate surface area is 216 Å². The van der Waals surface area contributed by atoms with Crippen LogP contribution in [0.4, 0.5) is 8.78 Å². The number of carbonyl (C=O) groups is 1. The zero-order chi connectivity index (χ0) is 25.1. The Morgan fingerprint density at radius 1 is 1.16 bits per heavy atom. The molecule has 37 heavy (non-hydrogen) atoms. The third kappa shape index (κ3) is 4.04. The van der Waals surface area contributed by atoms with Crippen molar-refractivity contribution in [3.63, 3.8) is 0 Å². The Hall–Kier alpha value is -3.81. The second-order valence-electron chi connectivity index (χ2n) is 9.43. The number of nitriles is 1. The number of piperidine rings is 1. The first-order valence-electron chi connectivity index (χ1n) is 11.7. The molecule has 2 aromatic carbocycles. The number of rotatable bonds is 3. The number of carbonyl (C=O) groups excluding carboxylic acids is 1. The fraction of sp³-hybridized carbons (Fsp3) is 0.308. The van der Waals surface area contributed by atoms with Crippen LogP contribution in [0.2, 0.25) is 0 Å². The maximum atomic E-state index is 15.3. The van der Waals surface area contributed by atoms with E-state index in [0.29, 0.717) is 29.5 Å². The van der Waals surface area contributed by atoms with Crippen molar-refractivity contribution in [2.45, 2.75) is 50.7 Å². The van der Waals surface area contributed by atoms with Crippen molar-refractivity contribution in [1.82, 2.24) is 15.0 Å². The van der Waals surface area contributed by atoms with E-state index in [0.717, 1.165) is 18.9 Å². The summed E-state index contributed by atoms with van der Waals surface area (Å²) < 4.78 is 41.0. The van der Waals surface area contributed by atoms with E-state index in [4.69, 9.17) is 19.9 Å². The molecule has 2 aliphatic heterocycles. The molecule has 0 aliphatic carbocycles. The van der Waals surface area contributed by atoms with Crippen molar-refractivity contribution in [3.05, 3.63) is 59.1 Å². The molecule has 0 spiro atoms. The summed E-state index contributed by atoms with van der Waals surface area (Å²) in [5, 5.41) is 13.5. The summed E-state index contributed by atoms with van der Waals surface area (Å²) in [5.74, 6) is -2.07. The molecule has 2 bridgehead atoms. The molecule has 2 N–H and O–H groups in total. The molecule has 2 aromatic heterocycles. The Kier molecular flexibility index (Phi) is 6.22. The lowest BCUT2D eigenvalue weighted by atomic mass is 9.98. The first-order chi connectivity index (χ1) is 17.3. The number of aromatic nitrogens is 2. The zero-order valence-electron chi connectivity index (χ0n) is 19.7. The summed E-state index contributed by atoms with van der Waals surface area (Å²) in [4.78, 5) is 19.7. The van der Waals surface area contributed by atoms with Gasteiger partial charge in [0.25, 0.3) is 5.89 Å². The normalized spacial score (nSPS) is 20.6. The minimum Gasteiger partial charge on any atom is -0.432 e. The van der Waals surface area contributed by atoms with Crippen LogP contribution in [0.1, 0.15) is 47.6 Å². The van der Waals surface area contributed by atoms with Gasteiger partial charge in [-0.05, 0) is 56.9 Å². The van der Waals surface area contributed by atoms with Crippen molar-refractivity contribution in [2.75, 3.05) is 0 Å². The number of halogens is 3. The zero-order valence-corrected chi connectivity index (χ0v) is 20.5. The summed E-state index contributed by atoms with van der Waals surface area (Å²) in [6.07, 6.45) is 3.09. The Bertz CT molecular complexity index is 1560. The molecule has 11 heteroatoms. The highest BCUT2D eigenvalue weighted by atomic mass is 35.5. The number of benzene rings is 2. The Morgan fingerprint density at radius 2 is 1.89 bits per heavy atom. The number of nitrogens with zero attached hydrogens (tertiary/aromatic N) is 4. The van der Waals surface area contributed by atoms with Gasteiger partial charge >= 0.3 is 5.91 Å². The van der Waals surface area contributed by atoms with E-state index in [2.05, 4.69) is 10.1 Å². The smallest absolute Gasteiger partial charge is 0.310 e. The summed E-state index contributed by atoms with van der Waals surface area (Å²) in [6, 6.07) is 8.38. The fourth-order valence-electron chi connectivity index (χ4n) is 5.46. The van der Waals surface area contributed by atoms with Gasteiger partial charge in [0.2, 0.25) is 0 Å². The van der Waals surface area contributed by atoms with Crippen molar-refractivity contribution >= 4 is 29.3 Å². The van der Waals surface area contributed by atoms with Gasteiger partial charge < -0.3 is 19.6 Å². The third-order valence-corrected chi connectivity index (χ3v) is 7.16. The quantitative estimate of drug-likeness (QED) is 0.393. The van der Waals surface area contributed by atoms with Crippen molar-refractivity contribution in [2.24, 2.45) is 5.73 Å². The van der Waals surface area contributed by atoms with Gasteiger partial charge in [0.1, 0.15) is 23.4 Å². The molecule has 2 aliphatic rings. The second-order valence-corrected chi connectivity index (χ2v) is 9.43.